The minimum absolute atomic E-state index is 0.0547. The molecule has 0 atom stereocenters. The van der Waals surface area contributed by atoms with Gasteiger partial charge in [0.1, 0.15) is 5.76 Å². The van der Waals surface area contributed by atoms with Crippen molar-refractivity contribution in [3.63, 3.8) is 0 Å². The number of nitrogens with one attached hydrogen (secondary N) is 1. The average molecular weight is 315 g/mol. The molecule has 7 nitrogen and oxygen atoms in total. The molecule has 1 aliphatic heterocycles. The molecule has 1 aliphatic rings. The molecule has 7 heteroatoms. The molecule has 0 radical (unpaired) electrons. The summed E-state index contributed by atoms with van der Waals surface area (Å²) in [4.78, 5) is 20.6. The topological polar surface area (TPSA) is 74.5 Å². The third-order valence-corrected chi connectivity index (χ3v) is 3.88. The summed E-state index contributed by atoms with van der Waals surface area (Å²) < 4.78 is 4.94. The molecule has 0 aromatic carbocycles. The lowest BCUT2D eigenvalue weighted by molar-refractivity contribution is -0.117. The van der Waals surface area contributed by atoms with Crippen molar-refractivity contribution < 1.29 is 9.32 Å². The molecule has 0 aliphatic carbocycles. The normalized spacial score (nSPS) is 16.4. The summed E-state index contributed by atoms with van der Waals surface area (Å²) in [6, 6.07) is 5.80. The molecular weight excluding hydrogens is 294 g/mol. The summed E-state index contributed by atoms with van der Waals surface area (Å²) >= 11 is 0. The fourth-order valence-electron chi connectivity index (χ4n) is 2.66. The Labute approximate surface area is 135 Å². The van der Waals surface area contributed by atoms with Crippen LogP contribution in [0.3, 0.4) is 0 Å². The number of carbonyl (C=O) groups excluding carboxylic acids is 1. The van der Waals surface area contributed by atoms with Gasteiger partial charge in [-0.3, -0.25) is 19.6 Å². The molecule has 0 saturated carbocycles. The quantitative estimate of drug-likeness (QED) is 0.892. The Kier molecular flexibility index (Phi) is 4.99. The smallest absolute Gasteiger partial charge is 0.239 e. The summed E-state index contributed by atoms with van der Waals surface area (Å²) in [7, 11) is 0. The van der Waals surface area contributed by atoms with E-state index in [1.54, 1.807) is 13.0 Å². The molecule has 2 aromatic rings. The highest BCUT2D eigenvalue weighted by Crippen LogP contribution is 2.09. The molecule has 0 unspecified atom stereocenters. The number of piperazine rings is 1. The van der Waals surface area contributed by atoms with Gasteiger partial charge in [-0.1, -0.05) is 5.16 Å². The van der Waals surface area contributed by atoms with Crippen LogP contribution in [0.2, 0.25) is 0 Å². The lowest BCUT2D eigenvalue weighted by Crippen LogP contribution is -2.48. The molecule has 3 heterocycles. The second-order valence-corrected chi connectivity index (χ2v) is 5.78. The average Bonchev–Trinajstić information content (AvgIpc) is 2.95. The van der Waals surface area contributed by atoms with Crippen molar-refractivity contribution in [1.82, 2.24) is 19.9 Å². The zero-order valence-electron chi connectivity index (χ0n) is 13.2. The van der Waals surface area contributed by atoms with Crippen LogP contribution in [-0.4, -0.2) is 58.6 Å². The predicted octanol–water partition coefficient (Wildman–Crippen LogP) is 1.13. The Morgan fingerprint density at radius 2 is 1.91 bits per heavy atom. The van der Waals surface area contributed by atoms with E-state index in [4.69, 9.17) is 4.52 Å². The molecule has 1 saturated heterocycles. The molecule has 23 heavy (non-hydrogen) atoms. The van der Waals surface area contributed by atoms with Gasteiger partial charge in [-0.15, -0.1) is 0 Å². The molecule has 0 spiro atoms. The van der Waals surface area contributed by atoms with E-state index in [1.165, 1.54) is 5.56 Å². The van der Waals surface area contributed by atoms with Gasteiger partial charge < -0.3 is 9.84 Å². The molecule has 2 aromatic heterocycles. The van der Waals surface area contributed by atoms with Crippen LogP contribution in [0, 0.1) is 6.92 Å². The van der Waals surface area contributed by atoms with Crippen LogP contribution in [0.15, 0.2) is 35.1 Å². The Hall–Kier alpha value is -2.25. The van der Waals surface area contributed by atoms with Crippen LogP contribution in [0.4, 0.5) is 5.82 Å². The minimum Gasteiger partial charge on any atom is -0.360 e. The van der Waals surface area contributed by atoms with E-state index in [9.17, 15) is 4.79 Å². The molecule has 3 rings (SSSR count). The zero-order chi connectivity index (χ0) is 16.1. The molecule has 122 valence electrons. The van der Waals surface area contributed by atoms with Crippen molar-refractivity contribution in [2.75, 3.05) is 38.0 Å². The number of amides is 1. The van der Waals surface area contributed by atoms with E-state index < -0.39 is 0 Å². The van der Waals surface area contributed by atoms with Crippen LogP contribution < -0.4 is 5.32 Å². The van der Waals surface area contributed by atoms with Gasteiger partial charge in [0.15, 0.2) is 5.82 Å². The van der Waals surface area contributed by atoms with E-state index in [0.29, 0.717) is 18.1 Å². The Morgan fingerprint density at radius 3 is 2.57 bits per heavy atom. The van der Waals surface area contributed by atoms with Crippen molar-refractivity contribution in [1.29, 1.82) is 0 Å². The van der Waals surface area contributed by atoms with Gasteiger partial charge >= 0.3 is 0 Å². The monoisotopic (exact) mass is 315 g/mol. The van der Waals surface area contributed by atoms with Gasteiger partial charge in [-0.2, -0.15) is 0 Å². The summed E-state index contributed by atoms with van der Waals surface area (Å²) in [6.45, 7) is 6.80. The van der Waals surface area contributed by atoms with Crippen LogP contribution >= 0.6 is 0 Å². The lowest BCUT2D eigenvalue weighted by atomic mass is 10.2. The summed E-state index contributed by atoms with van der Waals surface area (Å²) in [5, 5.41) is 6.52. The van der Waals surface area contributed by atoms with Crippen LogP contribution in [0.25, 0.3) is 0 Å². The van der Waals surface area contributed by atoms with E-state index in [2.05, 4.69) is 25.3 Å². The third kappa shape index (κ3) is 4.61. The second-order valence-electron chi connectivity index (χ2n) is 5.78. The lowest BCUT2D eigenvalue weighted by Gasteiger charge is -2.34. The summed E-state index contributed by atoms with van der Waals surface area (Å²) in [5.41, 5.74) is 1.27. The maximum absolute atomic E-state index is 12.0. The maximum Gasteiger partial charge on any atom is 0.239 e. The number of aryl methyl sites for hydroxylation is 1. The first kappa shape index (κ1) is 15.6. The minimum atomic E-state index is -0.0547. The standard InChI is InChI=1S/C16H21N5O2/c1-13-10-15(19-23-13)18-16(22)12-21-8-6-20(7-9-21)11-14-2-4-17-5-3-14/h2-5,10H,6-9,11-12H2,1H3,(H,18,19,22). The van der Waals surface area contributed by atoms with E-state index >= 15 is 0 Å². The Bertz CT molecular complexity index is 635. The number of carbonyl (C=O) groups is 1. The van der Waals surface area contributed by atoms with Crippen LogP contribution in [0.5, 0.6) is 0 Å². The van der Waals surface area contributed by atoms with Crippen LogP contribution in [-0.2, 0) is 11.3 Å². The second kappa shape index (κ2) is 7.34. The van der Waals surface area contributed by atoms with Crippen molar-refractivity contribution in [3.8, 4) is 0 Å². The summed E-state index contributed by atoms with van der Waals surface area (Å²) in [5.74, 6) is 1.11. The highest BCUT2D eigenvalue weighted by molar-refractivity contribution is 5.91. The van der Waals surface area contributed by atoms with Gasteiger partial charge in [0, 0.05) is 51.2 Å². The molecule has 1 fully saturated rings. The number of hydrogen-bond acceptors (Lipinski definition) is 6. The first-order chi connectivity index (χ1) is 11.2. The Morgan fingerprint density at radius 1 is 1.22 bits per heavy atom. The molecular formula is C16H21N5O2. The number of anilines is 1. The predicted molar refractivity (Wildman–Crippen MR) is 85.8 cm³/mol. The first-order valence-electron chi connectivity index (χ1n) is 7.76. The van der Waals surface area contributed by atoms with Crippen molar-refractivity contribution in [2.24, 2.45) is 0 Å². The van der Waals surface area contributed by atoms with Crippen molar-refractivity contribution in [2.45, 2.75) is 13.5 Å². The maximum atomic E-state index is 12.0. The fraction of sp³-hybridized carbons (Fsp3) is 0.438. The first-order valence-corrected chi connectivity index (χ1v) is 7.76. The third-order valence-electron chi connectivity index (χ3n) is 3.88. The highest BCUT2D eigenvalue weighted by Gasteiger charge is 2.19. The SMILES string of the molecule is Cc1cc(NC(=O)CN2CCN(Cc3ccncc3)CC2)no1. The number of aromatic nitrogens is 2. The van der Waals surface area contributed by atoms with E-state index in [0.717, 1.165) is 32.7 Å². The van der Waals surface area contributed by atoms with E-state index in [-0.39, 0.29) is 5.91 Å². The van der Waals surface area contributed by atoms with Crippen molar-refractivity contribution in [3.05, 3.63) is 41.9 Å². The van der Waals surface area contributed by atoms with Gasteiger partial charge in [0.2, 0.25) is 5.91 Å². The van der Waals surface area contributed by atoms with Gasteiger partial charge in [-0.25, -0.2) is 0 Å². The number of nitrogens with zero attached hydrogens (tertiary/aromatic N) is 4. The fourth-order valence-corrected chi connectivity index (χ4v) is 2.66. The summed E-state index contributed by atoms with van der Waals surface area (Å²) in [6.07, 6.45) is 3.64. The number of hydrogen-bond donors (Lipinski definition) is 1. The molecule has 1 N–H and O–H groups in total. The van der Waals surface area contributed by atoms with E-state index in [1.807, 2.05) is 24.5 Å². The van der Waals surface area contributed by atoms with Crippen LogP contribution in [0.1, 0.15) is 11.3 Å². The number of pyridine rings is 1. The zero-order valence-corrected chi connectivity index (χ0v) is 13.2. The molecule has 1 amide bonds. The number of rotatable bonds is 5. The highest BCUT2D eigenvalue weighted by atomic mass is 16.5. The van der Waals surface area contributed by atoms with Gasteiger partial charge in [-0.05, 0) is 24.6 Å². The Balaban J connectivity index is 1.41. The van der Waals surface area contributed by atoms with Gasteiger partial charge in [0.25, 0.3) is 0 Å². The molecule has 0 bridgehead atoms. The van der Waals surface area contributed by atoms with Crippen molar-refractivity contribution >= 4 is 11.7 Å². The largest absolute Gasteiger partial charge is 0.360 e. The van der Waals surface area contributed by atoms with Gasteiger partial charge in [0.05, 0.1) is 6.54 Å².